The summed E-state index contributed by atoms with van der Waals surface area (Å²) in [6, 6.07) is 9.34. The molecule has 5 heteroatoms. The summed E-state index contributed by atoms with van der Waals surface area (Å²) in [5.74, 6) is 0.0409. The van der Waals surface area contributed by atoms with Crippen LogP contribution in [0.1, 0.15) is 23.3 Å². The second-order valence-corrected chi connectivity index (χ2v) is 4.91. The highest BCUT2D eigenvalue weighted by molar-refractivity contribution is 6.05. The minimum atomic E-state index is -0.395. The standard InChI is InChI=1S/C14H14N4O/c1-18-12-5-3-2-4-10(12)13(17-18)14(19)16-11(8-15)9-6-7-9/h2-5,9,11H,6-7H2,1H3,(H,16,19). The molecule has 1 unspecified atom stereocenters. The van der Waals surface area contributed by atoms with Gasteiger partial charge in [0.05, 0.1) is 11.6 Å². The van der Waals surface area contributed by atoms with Gasteiger partial charge in [-0.1, -0.05) is 18.2 Å². The predicted molar refractivity (Wildman–Crippen MR) is 70.3 cm³/mol. The number of para-hydroxylation sites is 1. The van der Waals surface area contributed by atoms with Crippen molar-refractivity contribution in [3.63, 3.8) is 0 Å². The number of fused-ring (bicyclic) bond motifs is 1. The van der Waals surface area contributed by atoms with E-state index in [1.165, 1.54) is 0 Å². The van der Waals surface area contributed by atoms with E-state index in [1.54, 1.807) is 4.68 Å². The molecule has 5 nitrogen and oxygen atoms in total. The molecule has 0 aliphatic heterocycles. The van der Waals surface area contributed by atoms with Crippen LogP contribution in [0.2, 0.25) is 0 Å². The van der Waals surface area contributed by atoms with Gasteiger partial charge in [0.25, 0.3) is 5.91 Å². The summed E-state index contributed by atoms with van der Waals surface area (Å²) in [4.78, 5) is 12.2. The Kier molecular flexibility index (Phi) is 2.71. The highest BCUT2D eigenvalue weighted by Gasteiger charge is 2.33. The number of amides is 1. The van der Waals surface area contributed by atoms with Gasteiger partial charge in [0, 0.05) is 12.4 Å². The topological polar surface area (TPSA) is 70.7 Å². The molecule has 1 amide bonds. The normalized spacial score (nSPS) is 16.0. The second-order valence-electron chi connectivity index (χ2n) is 4.91. The minimum Gasteiger partial charge on any atom is -0.335 e. The van der Waals surface area contributed by atoms with Gasteiger partial charge < -0.3 is 5.32 Å². The van der Waals surface area contributed by atoms with Crippen LogP contribution in [0.5, 0.6) is 0 Å². The molecular formula is C14H14N4O. The smallest absolute Gasteiger partial charge is 0.273 e. The van der Waals surface area contributed by atoms with Crippen molar-refractivity contribution >= 4 is 16.8 Å². The summed E-state index contributed by atoms with van der Waals surface area (Å²) in [7, 11) is 1.81. The molecule has 1 aromatic carbocycles. The predicted octanol–water partition coefficient (Wildman–Crippen LogP) is 1.61. The third-order valence-corrected chi connectivity index (χ3v) is 3.49. The highest BCUT2D eigenvalue weighted by atomic mass is 16.2. The summed E-state index contributed by atoms with van der Waals surface area (Å²) in [6.45, 7) is 0. The van der Waals surface area contributed by atoms with Gasteiger partial charge in [-0.15, -0.1) is 0 Å². The lowest BCUT2D eigenvalue weighted by molar-refractivity contribution is 0.0937. The maximum atomic E-state index is 12.2. The fourth-order valence-electron chi connectivity index (χ4n) is 2.28. The highest BCUT2D eigenvalue weighted by Crippen LogP contribution is 2.32. The van der Waals surface area contributed by atoms with Gasteiger partial charge in [0.1, 0.15) is 6.04 Å². The first-order valence-electron chi connectivity index (χ1n) is 6.33. The minimum absolute atomic E-state index is 0.268. The summed E-state index contributed by atoms with van der Waals surface area (Å²) >= 11 is 0. The van der Waals surface area contributed by atoms with Crippen LogP contribution in [0, 0.1) is 17.2 Å². The van der Waals surface area contributed by atoms with E-state index in [0.717, 1.165) is 23.7 Å². The van der Waals surface area contributed by atoms with Crippen LogP contribution in [-0.2, 0) is 7.05 Å². The molecule has 1 N–H and O–H groups in total. The monoisotopic (exact) mass is 254 g/mol. The fraction of sp³-hybridized carbons (Fsp3) is 0.357. The van der Waals surface area contributed by atoms with Gasteiger partial charge in [-0.2, -0.15) is 10.4 Å². The summed E-state index contributed by atoms with van der Waals surface area (Å²) in [6.07, 6.45) is 2.03. The van der Waals surface area contributed by atoms with E-state index in [9.17, 15) is 4.79 Å². The van der Waals surface area contributed by atoms with Crippen molar-refractivity contribution in [2.45, 2.75) is 18.9 Å². The van der Waals surface area contributed by atoms with Crippen molar-refractivity contribution in [1.82, 2.24) is 15.1 Å². The molecule has 1 heterocycles. The molecule has 1 aliphatic rings. The van der Waals surface area contributed by atoms with Crippen molar-refractivity contribution in [3.05, 3.63) is 30.0 Å². The van der Waals surface area contributed by atoms with E-state index in [1.807, 2.05) is 31.3 Å². The summed E-state index contributed by atoms with van der Waals surface area (Å²) < 4.78 is 1.68. The number of aromatic nitrogens is 2. The fourth-order valence-corrected chi connectivity index (χ4v) is 2.28. The summed E-state index contributed by atoms with van der Waals surface area (Å²) in [5.41, 5.74) is 1.30. The van der Waals surface area contributed by atoms with E-state index in [2.05, 4.69) is 16.5 Å². The molecule has 0 spiro atoms. The van der Waals surface area contributed by atoms with Gasteiger partial charge in [0.2, 0.25) is 0 Å². The molecule has 1 atom stereocenters. The molecule has 2 aromatic rings. The van der Waals surface area contributed by atoms with Gasteiger partial charge in [0.15, 0.2) is 5.69 Å². The molecule has 1 saturated carbocycles. The Bertz CT molecular complexity index is 678. The molecule has 0 saturated heterocycles. The number of rotatable bonds is 3. The molecule has 0 radical (unpaired) electrons. The van der Waals surface area contributed by atoms with Crippen LogP contribution >= 0.6 is 0 Å². The molecule has 19 heavy (non-hydrogen) atoms. The Labute approximate surface area is 110 Å². The Morgan fingerprint density at radius 2 is 2.26 bits per heavy atom. The van der Waals surface area contributed by atoms with E-state index in [4.69, 9.17) is 5.26 Å². The van der Waals surface area contributed by atoms with E-state index >= 15 is 0 Å². The number of hydrogen-bond acceptors (Lipinski definition) is 3. The van der Waals surface area contributed by atoms with Crippen LogP contribution in [0.3, 0.4) is 0 Å². The quantitative estimate of drug-likeness (QED) is 0.904. The van der Waals surface area contributed by atoms with E-state index < -0.39 is 6.04 Å². The SMILES string of the molecule is Cn1nc(C(=O)NC(C#N)C2CC2)c2ccccc21. The molecule has 3 rings (SSSR count). The number of carbonyl (C=O) groups excluding carboxylic acids is 1. The number of hydrogen-bond donors (Lipinski definition) is 1. The van der Waals surface area contributed by atoms with Gasteiger partial charge in [-0.25, -0.2) is 0 Å². The molecule has 1 aliphatic carbocycles. The Morgan fingerprint density at radius 1 is 1.53 bits per heavy atom. The Balaban J connectivity index is 1.91. The van der Waals surface area contributed by atoms with E-state index in [-0.39, 0.29) is 5.91 Å². The first-order valence-corrected chi connectivity index (χ1v) is 6.33. The van der Waals surface area contributed by atoms with Crippen molar-refractivity contribution in [2.24, 2.45) is 13.0 Å². The van der Waals surface area contributed by atoms with E-state index in [0.29, 0.717) is 11.6 Å². The van der Waals surface area contributed by atoms with Crippen LogP contribution < -0.4 is 5.32 Å². The number of nitrogens with one attached hydrogen (secondary N) is 1. The molecule has 1 fully saturated rings. The zero-order valence-corrected chi connectivity index (χ0v) is 10.6. The number of aryl methyl sites for hydroxylation is 1. The third kappa shape index (κ3) is 2.06. The molecule has 0 bridgehead atoms. The lowest BCUT2D eigenvalue weighted by atomic mass is 10.1. The number of benzene rings is 1. The van der Waals surface area contributed by atoms with Crippen LogP contribution in [0.4, 0.5) is 0 Å². The molecule has 96 valence electrons. The van der Waals surface area contributed by atoms with Crippen molar-refractivity contribution in [2.75, 3.05) is 0 Å². The Hall–Kier alpha value is -2.35. The Morgan fingerprint density at radius 3 is 2.95 bits per heavy atom. The average molecular weight is 254 g/mol. The van der Waals surface area contributed by atoms with Crippen LogP contribution in [0.25, 0.3) is 10.9 Å². The van der Waals surface area contributed by atoms with Gasteiger partial charge in [-0.05, 0) is 24.8 Å². The third-order valence-electron chi connectivity index (χ3n) is 3.49. The van der Waals surface area contributed by atoms with Gasteiger partial charge in [-0.3, -0.25) is 9.48 Å². The lowest BCUT2D eigenvalue weighted by Crippen LogP contribution is -2.35. The number of carbonyl (C=O) groups is 1. The molecular weight excluding hydrogens is 240 g/mol. The largest absolute Gasteiger partial charge is 0.335 e. The second kappa shape index (κ2) is 4.39. The van der Waals surface area contributed by atoms with Gasteiger partial charge >= 0.3 is 0 Å². The maximum absolute atomic E-state index is 12.2. The molecule has 1 aromatic heterocycles. The van der Waals surface area contributed by atoms with Crippen LogP contribution in [-0.4, -0.2) is 21.7 Å². The maximum Gasteiger partial charge on any atom is 0.273 e. The zero-order valence-electron chi connectivity index (χ0n) is 10.6. The first kappa shape index (κ1) is 11.7. The number of nitrogens with zero attached hydrogens (tertiary/aromatic N) is 3. The average Bonchev–Trinajstić information content (AvgIpc) is 3.21. The lowest BCUT2D eigenvalue weighted by Gasteiger charge is -2.08. The van der Waals surface area contributed by atoms with Crippen molar-refractivity contribution in [1.29, 1.82) is 5.26 Å². The number of nitriles is 1. The first-order chi connectivity index (χ1) is 9.20. The summed E-state index contributed by atoms with van der Waals surface area (Å²) in [5, 5.41) is 16.9. The zero-order chi connectivity index (χ0) is 13.4. The van der Waals surface area contributed by atoms with Crippen LogP contribution in [0.15, 0.2) is 24.3 Å². The van der Waals surface area contributed by atoms with Crippen molar-refractivity contribution < 1.29 is 4.79 Å². The van der Waals surface area contributed by atoms with Crippen molar-refractivity contribution in [3.8, 4) is 6.07 Å².